The molecule has 0 unspecified atom stereocenters. The molecule has 15 nitrogen and oxygen atoms in total. The normalized spacial score (nSPS) is 11.9. The smallest absolute Gasteiger partial charge is 0.339 e. The van der Waals surface area contributed by atoms with E-state index in [9.17, 15) is 38.2 Å². The SMILES string of the molecule is O=C(O)c1cc(N=Nc2ccc(-c3ccc(N=Nc4c(O)ccc(N=Nc5cc(S(=O)(=O)O)ccc5O)c4O)cc3)cc2)ccc1O. The van der Waals surface area contributed by atoms with Gasteiger partial charge in [-0.2, -0.15) is 23.8 Å². The monoisotopic (exact) mass is 654 g/mol. The number of benzene rings is 5. The third-order valence-corrected chi connectivity index (χ3v) is 7.29. The number of aromatic carboxylic acids is 1. The van der Waals surface area contributed by atoms with Gasteiger partial charge in [0.25, 0.3) is 10.1 Å². The summed E-state index contributed by atoms with van der Waals surface area (Å²) in [5.41, 5.74) is 1.72. The molecule has 236 valence electrons. The molecule has 0 spiro atoms. The van der Waals surface area contributed by atoms with Crippen LogP contribution in [0, 0.1) is 0 Å². The summed E-state index contributed by atoms with van der Waals surface area (Å²) in [6.45, 7) is 0. The maximum atomic E-state index is 11.4. The van der Waals surface area contributed by atoms with Gasteiger partial charge in [0.1, 0.15) is 34.2 Å². The molecule has 0 bridgehead atoms. The second-order valence-corrected chi connectivity index (χ2v) is 11.0. The van der Waals surface area contributed by atoms with E-state index in [0.29, 0.717) is 11.4 Å². The van der Waals surface area contributed by atoms with E-state index in [1.54, 1.807) is 48.5 Å². The summed E-state index contributed by atoms with van der Waals surface area (Å²) in [7, 11) is -4.56. The summed E-state index contributed by atoms with van der Waals surface area (Å²) < 4.78 is 32.0. The van der Waals surface area contributed by atoms with E-state index in [2.05, 4.69) is 30.7 Å². The van der Waals surface area contributed by atoms with Gasteiger partial charge in [0.05, 0.1) is 22.0 Å². The van der Waals surface area contributed by atoms with E-state index in [1.165, 1.54) is 30.3 Å². The van der Waals surface area contributed by atoms with Crippen LogP contribution in [0.3, 0.4) is 0 Å². The van der Waals surface area contributed by atoms with E-state index >= 15 is 0 Å². The lowest BCUT2D eigenvalue weighted by Crippen LogP contribution is -1.96. The number of phenols is 4. The average molecular weight is 655 g/mol. The first-order valence-electron chi connectivity index (χ1n) is 13.3. The lowest BCUT2D eigenvalue weighted by molar-refractivity contribution is 0.0693. The van der Waals surface area contributed by atoms with Crippen molar-refractivity contribution in [2.75, 3.05) is 0 Å². The first kappa shape index (κ1) is 31.9. The van der Waals surface area contributed by atoms with E-state index in [-0.39, 0.29) is 34.1 Å². The van der Waals surface area contributed by atoms with Gasteiger partial charge in [-0.15, -0.1) is 15.3 Å². The van der Waals surface area contributed by atoms with Crippen LogP contribution in [0.1, 0.15) is 10.4 Å². The highest BCUT2D eigenvalue weighted by atomic mass is 32.2. The van der Waals surface area contributed by atoms with E-state index in [0.717, 1.165) is 29.3 Å². The zero-order valence-corrected chi connectivity index (χ0v) is 24.6. The van der Waals surface area contributed by atoms with E-state index < -0.39 is 38.2 Å². The first-order chi connectivity index (χ1) is 22.4. The van der Waals surface area contributed by atoms with Crippen LogP contribution in [-0.4, -0.2) is 44.5 Å². The van der Waals surface area contributed by atoms with Crippen LogP contribution in [0.4, 0.5) is 34.1 Å². The molecule has 47 heavy (non-hydrogen) atoms. The van der Waals surface area contributed by atoms with Gasteiger partial charge in [0.15, 0.2) is 11.4 Å². The number of aromatic hydroxyl groups is 4. The number of carbonyl (C=O) groups is 1. The Bertz CT molecular complexity index is 2190. The van der Waals surface area contributed by atoms with Crippen molar-refractivity contribution in [2.24, 2.45) is 30.7 Å². The van der Waals surface area contributed by atoms with Crippen LogP contribution >= 0.6 is 0 Å². The molecule has 0 atom stereocenters. The number of hydrogen-bond donors (Lipinski definition) is 6. The molecule has 0 aliphatic rings. The summed E-state index contributed by atoms with van der Waals surface area (Å²) in [5, 5.41) is 73.2. The number of phenolic OH excluding ortho intramolecular Hbond substituents is 3. The predicted molar refractivity (Wildman–Crippen MR) is 167 cm³/mol. The highest BCUT2D eigenvalue weighted by molar-refractivity contribution is 7.85. The molecule has 5 rings (SSSR count). The van der Waals surface area contributed by atoms with Gasteiger partial charge in [-0.3, -0.25) is 4.55 Å². The minimum atomic E-state index is -4.56. The molecule has 5 aromatic rings. The van der Waals surface area contributed by atoms with Crippen LogP contribution in [-0.2, 0) is 10.1 Å². The van der Waals surface area contributed by atoms with Crippen molar-refractivity contribution in [1.82, 2.24) is 0 Å². The fourth-order valence-electron chi connectivity index (χ4n) is 4.01. The average Bonchev–Trinajstić information content (AvgIpc) is 3.04. The Kier molecular flexibility index (Phi) is 8.97. The predicted octanol–water partition coefficient (Wildman–Crippen LogP) is 8.37. The van der Waals surface area contributed by atoms with Gasteiger partial charge in [-0.05, 0) is 83.9 Å². The van der Waals surface area contributed by atoms with Crippen molar-refractivity contribution in [3.05, 3.63) is 103 Å². The summed E-state index contributed by atoms with van der Waals surface area (Å²) in [6, 6.07) is 23.0. The topological polar surface area (TPSA) is 247 Å². The van der Waals surface area contributed by atoms with Crippen LogP contribution in [0.2, 0.25) is 0 Å². The van der Waals surface area contributed by atoms with Gasteiger partial charge in [0.2, 0.25) is 0 Å². The molecule has 0 heterocycles. The van der Waals surface area contributed by atoms with Gasteiger partial charge in [-0.25, -0.2) is 4.79 Å². The molecule has 5 aromatic carbocycles. The number of carboxylic acids is 1. The Morgan fingerprint density at radius 2 is 1.04 bits per heavy atom. The van der Waals surface area contributed by atoms with E-state index in [4.69, 9.17) is 5.11 Å². The lowest BCUT2D eigenvalue weighted by Gasteiger charge is -2.05. The van der Waals surface area contributed by atoms with Crippen LogP contribution < -0.4 is 0 Å². The van der Waals surface area contributed by atoms with Gasteiger partial charge in [-0.1, -0.05) is 24.3 Å². The van der Waals surface area contributed by atoms with Crippen molar-refractivity contribution in [1.29, 1.82) is 0 Å². The second kappa shape index (κ2) is 13.2. The molecule has 0 saturated carbocycles. The van der Waals surface area contributed by atoms with Crippen molar-refractivity contribution in [3.63, 3.8) is 0 Å². The number of azo groups is 3. The molecule has 0 aromatic heterocycles. The molecule has 0 amide bonds. The third kappa shape index (κ3) is 7.59. The van der Waals surface area contributed by atoms with Gasteiger partial charge < -0.3 is 25.5 Å². The van der Waals surface area contributed by atoms with Crippen LogP contribution in [0.5, 0.6) is 23.0 Å². The quantitative estimate of drug-likeness (QED) is 0.0658. The maximum Gasteiger partial charge on any atom is 0.339 e. The lowest BCUT2D eigenvalue weighted by atomic mass is 10.1. The van der Waals surface area contributed by atoms with Gasteiger partial charge in [0, 0.05) is 0 Å². The van der Waals surface area contributed by atoms with Gasteiger partial charge >= 0.3 is 5.97 Å². The standard InChI is InChI=1S/C31H22N6O9S/c38-26-12-9-21(15-23(26)31(42)43)34-32-19-5-1-17(2-6-19)18-3-7-20(8-4-18)33-37-29-28(40)14-11-24(30(29)41)35-36-25-16-22(47(44,45)46)10-13-27(25)39/h1-16,38-41H,(H,42,43)(H,44,45,46). The third-order valence-electron chi connectivity index (χ3n) is 6.44. The molecule has 0 saturated heterocycles. The Balaban J connectivity index is 1.29. The summed E-state index contributed by atoms with van der Waals surface area (Å²) in [4.78, 5) is 10.7. The highest BCUT2D eigenvalue weighted by Gasteiger charge is 2.15. The molecule has 0 aliphatic carbocycles. The fraction of sp³-hybridized carbons (Fsp3) is 0. The maximum absolute atomic E-state index is 11.4. The summed E-state index contributed by atoms with van der Waals surface area (Å²) in [6.07, 6.45) is 0. The second-order valence-electron chi connectivity index (χ2n) is 9.63. The summed E-state index contributed by atoms with van der Waals surface area (Å²) >= 11 is 0. The molecule has 0 aliphatic heterocycles. The molecular formula is C31H22N6O9S. The molecule has 0 radical (unpaired) electrons. The Morgan fingerprint density at radius 3 is 1.64 bits per heavy atom. The Hall–Kier alpha value is -6.52. The number of carboxylic acid groups (broad SMARTS) is 1. The minimum Gasteiger partial charge on any atom is -0.507 e. The van der Waals surface area contributed by atoms with Crippen molar-refractivity contribution >= 4 is 50.2 Å². The Morgan fingerprint density at radius 1 is 0.532 bits per heavy atom. The van der Waals surface area contributed by atoms with Crippen molar-refractivity contribution in [2.45, 2.75) is 4.90 Å². The van der Waals surface area contributed by atoms with Crippen LogP contribution in [0.15, 0.2) is 133 Å². The van der Waals surface area contributed by atoms with Crippen LogP contribution in [0.25, 0.3) is 11.1 Å². The fourth-order valence-corrected chi connectivity index (χ4v) is 4.51. The van der Waals surface area contributed by atoms with Crippen molar-refractivity contribution < 1.29 is 43.3 Å². The number of nitrogens with zero attached hydrogens (tertiary/aromatic N) is 6. The zero-order valence-electron chi connectivity index (χ0n) is 23.7. The first-order valence-corrected chi connectivity index (χ1v) is 14.7. The Labute approximate surface area is 265 Å². The van der Waals surface area contributed by atoms with Crippen molar-refractivity contribution in [3.8, 4) is 34.1 Å². The molecule has 0 fully saturated rings. The molecular weight excluding hydrogens is 632 g/mol. The largest absolute Gasteiger partial charge is 0.507 e. The zero-order chi connectivity index (χ0) is 33.7. The molecule has 6 N–H and O–H groups in total. The number of rotatable bonds is 9. The number of hydrogen-bond acceptors (Lipinski definition) is 13. The highest BCUT2D eigenvalue weighted by Crippen LogP contribution is 2.44. The minimum absolute atomic E-state index is 0.181. The molecule has 16 heteroatoms. The van der Waals surface area contributed by atoms with E-state index in [1.807, 2.05) is 0 Å². The summed E-state index contributed by atoms with van der Waals surface area (Å²) in [5.74, 6) is -3.10.